The van der Waals surface area contributed by atoms with Crippen molar-refractivity contribution in [1.82, 2.24) is 10.0 Å². The van der Waals surface area contributed by atoms with Gasteiger partial charge in [-0.15, -0.1) is 0 Å². The van der Waals surface area contributed by atoms with Gasteiger partial charge < -0.3 is 15.0 Å². The van der Waals surface area contributed by atoms with E-state index in [1.807, 2.05) is 67.5 Å². The number of alkyl carbamates (subject to hydrolysis) is 1. The lowest BCUT2D eigenvalue weighted by Crippen LogP contribution is -2.46. The van der Waals surface area contributed by atoms with E-state index in [2.05, 4.69) is 10.0 Å². The summed E-state index contributed by atoms with van der Waals surface area (Å²) in [5, 5.41) is 4.30. The summed E-state index contributed by atoms with van der Waals surface area (Å²) in [7, 11) is -0.00555. The molecule has 2 N–H and O–H groups in total. The van der Waals surface area contributed by atoms with Gasteiger partial charge in [-0.05, 0) is 44.9 Å². The highest BCUT2D eigenvalue weighted by Crippen LogP contribution is 2.30. The minimum absolute atomic E-state index is 0. The van der Waals surface area contributed by atoms with Crippen molar-refractivity contribution in [1.29, 1.82) is 0 Å². The van der Waals surface area contributed by atoms with Crippen molar-refractivity contribution in [2.24, 2.45) is 0 Å². The highest BCUT2D eigenvalue weighted by atomic mass is 32.2. The van der Waals surface area contributed by atoms with E-state index in [1.54, 1.807) is 39.0 Å². The van der Waals surface area contributed by atoms with E-state index in [-0.39, 0.29) is 24.9 Å². The molecule has 0 aliphatic carbocycles. The van der Waals surface area contributed by atoms with Crippen LogP contribution < -0.4 is 14.9 Å². The molecule has 1 atom stereocenters. The maximum absolute atomic E-state index is 13.3. The SMILES string of the molecule is CN(C)c1cccc2c(S(=O)(=O)NC[C@H](Cc3ccccc3)NC(=O)OC(C)(C)C)cccc12.S. The van der Waals surface area contributed by atoms with Gasteiger partial charge in [-0.2, -0.15) is 13.5 Å². The number of benzene rings is 3. The second-order valence-electron chi connectivity index (χ2n) is 9.41. The van der Waals surface area contributed by atoms with Crippen LogP contribution in [0.1, 0.15) is 26.3 Å². The van der Waals surface area contributed by atoms with E-state index in [1.165, 1.54) is 0 Å². The van der Waals surface area contributed by atoms with Crippen molar-refractivity contribution in [2.75, 3.05) is 25.5 Å². The largest absolute Gasteiger partial charge is 0.444 e. The molecule has 0 saturated carbocycles. The first-order chi connectivity index (χ1) is 16.0. The fraction of sp³-hybridized carbons (Fsp3) is 0.346. The molecule has 0 unspecified atom stereocenters. The van der Waals surface area contributed by atoms with E-state index in [0.717, 1.165) is 16.6 Å². The molecule has 0 aromatic heterocycles. The van der Waals surface area contributed by atoms with Crippen LogP contribution in [-0.4, -0.2) is 46.8 Å². The smallest absolute Gasteiger partial charge is 0.407 e. The van der Waals surface area contributed by atoms with Crippen molar-refractivity contribution in [3.8, 4) is 0 Å². The van der Waals surface area contributed by atoms with Gasteiger partial charge in [-0.1, -0.05) is 54.6 Å². The number of carbonyl (C=O) groups excluding carboxylic acids is 1. The Balaban J connectivity index is 0.00000432. The normalized spacial score (nSPS) is 12.5. The molecule has 190 valence electrons. The Morgan fingerprint density at radius 1 is 0.943 bits per heavy atom. The summed E-state index contributed by atoms with van der Waals surface area (Å²) >= 11 is 0. The van der Waals surface area contributed by atoms with Crippen LogP contribution in [0, 0.1) is 0 Å². The van der Waals surface area contributed by atoms with E-state index >= 15 is 0 Å². The minimum atomic E-state index is -3.85. The first-order valence-corrected chi connectivity index (χ1v) is 12.7. The summed E-state index contributed by atoms with van der Waals surface area (Å²) in [6.07, 6.45) is -0.142. The van der Waals surface area contributed by atoms with Crippen LogP contribution in [0.2, 0.25) is 0 Å². The van der Waals surface area contributed by atoms with Crippen LogP contribution in [0.15, 0.2) is 71.6 Å². The molecule has 0 spiro atoms. The van der Waals surface area contributed by atoms with Crippen LogP contribution in [0.5, 0.6) is 0 Å². The number of hydrogen-bond donors (Lipinski definition) is 2. The molecule has 35 heavy (non-hydrogen) atoms. The number of nitrogens with one attached hydrogen (secondary N) is 2. The van der Waals surface area contributed by atoms with Crippen molar-refractivity contribution in [3.05, 3.63) is 72.3 Å². The third-order valence-electron chi connectivity index (χ3n) is 5.20. The quantitative estimate of drug-likeness (QED) is 0.462. The molecule has 0 aliphatic rings. The van der Waals surface area contributed by atoms with Gasteiger partial charge in [-0.3, -0.25) is 0 Å². The number of sulfonamides is 1. The monoisotopic (exact) mass is 517 g/mol. The lowest BCUT2D eigenvalue weighted by atomic mass is 10.1. The van der Waals surface area contributed by atoms with Gasteiger partial charge >= 0.3 is 6.09 Å². The number of amides is 1. The Morgan fingerprint density at radius 2 is 1.57 bits per heavy atom. The highest BCUT2D eigenvalue weighted by molar-refractivity contribution is 7.89. The van der Waals surface area contributed by atoms with E-state index in [0.29, 0.717) is 11.8 Å². The average Bonchev–Trinajstić information content (AvgIpc) is 2.76. The number of anilines is 1. The second kappa shape index (κ2) is 11.8. The van der Waals surface area contributed by atoms with Gasteiger partial charge in [-0.25, -0.2) is 17.9 Å². The van der Waals surface area contributed by atoms with Gasteiger partial charge in [0.2, 0.25) is 10.0 Å². The lowest BCUT2D eigenvalue weighted by Gasteiger charge is -2.24. The molecule has 0 aliphatic heterocycles. The summed E-state index contributed by atoms with van der Waals surface area (Å²) in [5.74, 6) is 0. The maximum atomic E-state index is 13.3. The summed E-state index contributed by atoms with van der Waals surface area (Å²) in [6, 6.07) is 19.9. The fourth-order valence-electron chi connectivity index (χ4n) is 3.72. The third kappa shape index (κ3) is 7.88. The molecule has 7 nitrogen and oxygen atoms in total. The zero-order chi connectivity index (χ0) is 24.9. The van der Waals surface area contributed by atoms with Crippen LogP contribution >= 0.6 is 13.5 Å². The van der Waals surface area contributed by atoms with Gasteiger partial charge in [0.05, 0.1) is 4.90 Å². The van der Waals surface area contributed by atoms with Crippen LogP contribution in [0.25, 0.3) is 10.8 Å². The second-order valence-corrected chi connectivity index (χ2v) is 11.1. The van der Waals surface area contributed by atoms with E-state index in [9.17, 15) is 13.2 Å². The van der Waals surface area contributed by atoms with E-state index < -0.39 is 27.8 Å². The zero-order valence-corrected chi connectivity index (χ0v) is 22.6. The number of hydrogen-bond acceptors (Lipinski definition) is 5. The van der Waals surface area contributed by atoms with Gasteiger partial charge in [0, 0.05) is 43.1 Å². The first kappa shape index (κ1) is 28.5. The zero-order valence-electron chi connectivity index (χ0n) is 20.8. The lowest BCUT2D eigenvalue weighted by molar-refractivity contribution is 0.0505. The van der Waals surface area contributed by atoms with Crippen molar-refractivity contribution in [3.63, 3.8) is 0 Å². The average molecular weight is 518 g/mol. The predicted molar refractivity (Wildman–Crippen MR) is 147 cm³/mol. The molecule has 3 aromatic carbocycles. The molecule has 0 fully saturated rings. The molecule has 0 saturated heterocycles. The Morgan fingerprint density at radius 3 is 2.20 bits per heavy atom. The van der Waals surface area contributed by atoms with Gasteiger partial charge in [0.15, 0.2) is 0 Å². The molecule has 1 amide bonds. The molecule has 0 heterocycles. The van der Waals surface area contributed by atoms with Gasteiger partial charge in [0.1, 0.15) is 5.60 Å². The molecule has 9 heteroatoms. The summed E-state index contributed by atoms with van der Waals surface area (Å²) in [5.41, 5.74) is 1.25. The molecular weight excluding hydrogens is 482 g/mol. The Labute approximate surface area is 215 Å². The Kier molecular flexibility index (Phi) is 9.60. The number of fused-ring (bicyclic) bond motifs is 1. The molecule has 3 rings (SSSR count). The fourth-order valence-corrected chi connectivity index (χ4v) is 5.03. The third-order valence-corrected chi connectivity index (χ3v) is 6.68. The number of carbonyl (C=O) groups is 1. The summed E-state index contributed by atoms with van der Waals surface area (Å²) < 4.78 is 34.7. The maximum Gasteiger partial charge on any atom is 0.407 e. The predicted octanol–water partition coefficient (Wildman–Crippen LogP) is 4.43. The van der Waals surface area contributed by atoms with Crippen molar-refractivity contribution >= 4 is 46.1 Å². The number of nitrogens with zero attached hydrogens (tertiary/aromatic N) is 1. The van der Waals surface area contributed by atoms with Crippen LogP contribution in [0.3, 0.4) is 0 Å². The first-order valence-electron chi connectivity index (χ1n) is 11.2. The van der Waals surface area contributed by atoms with Crippen LogP contribution in [-0.2, 0) is 21.2 Å². The number of rotatable bonds is 8. The molecule has 0 bridgehead atoms. The molecule has 0 radical (unpaired) electrons. The Hall–Kier alpha value is -2.75. The van der Waals surface area contributed by atoms with Gasteiger partial charge in [0.25, 0.3) is 0 Å². The molecule has 3 aromatic rings. The van der Waals surface area contributed by atoms with Crippen molar-refractivity contribution < 1.29 is 17.9 Å². The molecular formula is C26H35N3O4S2. The van der Waals surface area contributed by atoms with E-state index in [4.69, 9.17) is 4.74 Å². The standard InChI is InChI=1S/C26H33N3O4S.H2S/c1-26(2,3)33-25(30)28-20(17-19-11-7-6-8-12-19)18-27-34(31,32)24-16-10-13-21-22(24)14-9-15-23(21)29(4)5;/h6-16,20,27H,17-18H2,1-5H3,(H,28,30);1H2/t20-;/m0./s1. The highest BCUT2D eigenvalue weighted by Gasteiger charge is 2.23. The topological polar surface area (TPSA) is 87.7 Å². The van der Waals surface area contributed by atoms with Crippen LogP contribution in [0.4, 0.5) is 10.5 Å². The summed E-state index contributed by atoms with van der Waals surface area (Å²) in [6.45, 7) is 5.36. The minimum Gasteiger partial charge on any atom is -0.444 e. The Bertz CT molecular complexity index is 1240. The van der Waals surface area contributed by atoms with Crippen molar-refractivity contribution in [2.45, 2.75) is 43.7 Å². The number of ether oxygens (including phenoxy) is 1. The summed E-state index contributed by atoms with van der Waals surface area (Å²) in [4.78, 5) is 14.6.